The first-order chi connectivity index (χ1) is 5.86. The van der Waals surface area contributed by atoms with Gasteiger partial charge in [-0.25, -0.2) is 0 Å². The average molecular weight is 231 g/mol. The number of methoxy groups -OCH3 is 1. The Hall–Kier alpha value is -0.540. The highest BCUT2D eigenvalue weighted by molar-refractivity contribution is 9.06. The highest BCUT2D eigenvalue weighted by atomic mass is 79.9. The van der Waals surface area contributed by atoms with Gasteiger partial charge in [0, 0.05) is 0 Å². The Morgan fingerprint density at radius 3 is 2.42 bits per heavy atom. The van der Waals surface area contributed by atoms with E-state index < -0.39 is 0 Å². The highest BCUT2D eigenvalue weighted by Crippen LogP contribution is 2.11. The van der Waals surface area contributed by atoms with Gasteiger partial charge in [0.25, 0.3) is 0 Å². The van der Waals surface area contributed by atoms with Crippen LogP contribution >= 0.6 is 16.3 Å². The summed E-state index contributed by atoms with van der Waals surface area (Å²) in [6.45, 7) is 0.687. The van der Waals surface area contributed by atoms with E-state index in [0.717, 1.165) is 12.2 Å². The molecule has 0 saturated heterocycles. The van der Waals surface area contributed by atoms with Crippen molar-refractivity contribution < 1.29 is 8.57 Å². The minimum atomic E-state index is 0.687. The van der Waals surface area contributed by atoms with Crippen LogP contribution in [0.4, 0.5) is 0 Å². The van der Waals surface area contributed by atoms with Gasteiger partial charge in [-0.1, -0.05) is 12.1 Å². The van der Waals surface area contributed by atoms with Gasteiger partial charge in [0.15, 0.2) is 0 Å². The third-order valence-electron chi connectivity index (χ3n) is 1.63. The summed E-state index contributed by atoms with van der Waals surface area (Å²) in [5, 5.41) is 0. The van der Waals surface area contributed by atoms with Gasteiger partial charge in [0.2, 0.25) is 0 Å². The third-order valence-corrected chi connectivity index (χ3v) is 1.95. The van der Waals surface area contributed by atoms with Gasteiger partial charge in [-0.2, -0.15) is 0 Å². The first-order valence-electron chi connectivity index (χ1n) is 3.73. The number of rotatable bonds is 4. The summed E-state index contributed by atoms with van der Waals surface area (Å²) < 4.78 is 9.82. The highest BCUT2D eigenvalue weighted by Gasteiger charge is 1.93. The maximum Gasteiger partial charge on any atom is 0.118 e. The van der Waals surface area contributed by atoms with Crippen LogP contribution in [0.1, 0.15) is 5.56 Å². The van der Waals surface area contributed by atoms with E-state index in [-0.39, 0.29) is 0 Å². The van der Waals surface area contributed by atoms with Crippen molar-refractivity contribution in [3.05, 3.63) is 29.8 Å². The largest absolute Gasteiger partial charge is 0.497 e. The van der Waals surface area contributed by atoms with Crippen LogP contribution < -0.4 is 4.74 Å². The predicted octanol–water partition coefficient (Wildman–Crippen LogP) is 2.56. The summed E-state index contributed by atoms with van der Waals surface area (Å²) >= 11 is 2.91. The van der Waals surface area contributed by atoms with Gasteiger partial charge in [0.05, 0.1) is 30.0 Å². The molecule has 0 aliphatic carbocycles. The normalized spacial score (nSPS) is 9.83. The Morgan fingerprint density at radius 2 is 1.92 bits per heavy atom. The van der Waals surface area contributed by atoms with Crippen molar-refractivity contribution >= 4 is 16.3 Å². The lowest BCUT2D eigenvalue weighted by Gasteiger charge is -2.01. The van der Waals surface area contributed by atoms with Crippen molar-refractivity contribution in [3.63, 3.8) is 0 Å². The van der Waals surface area contributed by atoms with Crippen LogP contribution in [0.3, 0.4) is 0 Å². The zero-order chi connectivity index (χ0) is 8.81. The molecule has 0 spiro atoms. The SMILES string of the molecule is COc1ccc(CCOBr)cc1. The van der Waals surface area contributed by atoms with Gasteiger partial charge in [-0.3, -0.25) is 0 Å². The molecule has 0 heterocycles. The first-order valence-corrected chi connectivity index (χ1v) is 4.38. The predicted molar refractivity (Wildman–Crippen MR) is 51.6 cm³/mol. The molecule has 0 saturated carbocycles. The molecular formula is C9H11BrO2. The molecule has 0 aromatic heterocycles. The molecule has 0 radical (unpaired) electrons. The van der Waals surface area contributed by atoms with Crippen LogP contribution in [0.15, 0.2) is 24.3 Å². The molecule has 0 fully saturated rings. The molecule has 0 N–H and O–H groups in total. The van der Waals surface area contributed by atoms with Crippen molar-refractivity contribution in [2.24, 2.45) is 0 Å². The molecule has 1 aromatic carbocycles. The van der Waals surface area contributed by atoms with E-state index in [4.69, 9.17) is 8.57 Å². The monoisotopic (exact) mass is 230 g/mol. The van der Waals surface area contributed by atoms with E-state index in [0.29, 0.717) is 6.61 Å². The maximum absolute atomic E-state index is 5.03. The Balaban J connectivity index is 2.53. The number of benzene rings is 1. The zero-order valence-corrected chi connectivity index (χ0v) is 8.50. The van der Waals surface area contributed by atoms with Gasteiger partial charge < -0.3 is 8.57 Å². The van der Waals surface area contributed by atoms with Gasteiger partial charge in [-0.15, -0.1) is 0 Å². The molecule has 0 unspecified atom stereocenters. The fraction of sp³-hybridized carbons (Fsp3) is 0.333. The molecule has 3 heteroatoms. The summed E-state index contributed by atoms with van der Waals surface area (Å²) in [6.07, 6.45) is 0.912. The van der Waals surface area contributed by atoms with Gasteiger partial charge in [-0.05, 0) is 24.1 Å². The molecule has 2 nitrogen and oxygen atoms in total. The van der Waals surface area contributed by atoms with Crippen LogP contribution in [0.5, 0.6) is 5.75 Å². The Kier molecular flexibility index (Phi) is 4.11. The summed E-state index contributed by atoms with van der Waals surface area (Å²) in [5.41, 5.74) is 1.25. The van der Waals surface area contributed by atoms with Crippen LogP contribution in [0, 0.1) is 0 Å². The number of ether oxygens (including phenoxy) is 1. The summed E-state index contributed by atoms with van der Waals surface area (Å²) in [6, 6.07) is 7.96. The molecule has 0 aliphatic heterocycles. The minimum Gasteiger partial charge on any atom is -0.497 e. The second-order valence-electron chi connectivity index (χ2n) is 2.41. The second kappa shape index (κ2) is 5.17. The van der Waals surface area contributed by atoms with Crippen LogP contribution in [-0.4, -0.2) is 13.7 Å². The average Bonchev–Trinajstić information content (AvgIpc) is 2.15. The third kappa shape index (κ3) is 2.83. The number of hydrogen-bond donors (Lipinski definition) is 0. The van der Waals surface area contributed by atoms with Crippen molar-refractivity contribution in [1.29, 1.82) is 0 Å². The van der Waals surface area contributed by atoms with Crippen LogP contribution in [-0.2, 0) is 10.2 Å². The first kappa shape index (κ1) is 9.55. The molecule has 1 rings (SSSR count). The molecule has 66 valence electrons. The zero-order valence-electron chi connectivity index (χ0n) is 6.92. The summed E-state index contributed by atoms with van der Waals surface area (Å²) in [5.74, 6) is 0.888. The van der Waals surface area contributed by atoms with E-state index in [9.17, 15) is 0 Å². The Bertz CT molecular complexity index is 220. The fourth-order valence-corrected chi connectivity index (χ4v) is 1.11. The van der Waals surface area contributed by atoms with Crippen LogP contribution in [0.2, 0.25) is 0 Å². The minimum absolute atomic E-state index is 0.687. The molecule has 0 bridgehead atoms. The standard InChI is InChI=1S/C9H11BrO2/c1-11-9-4-2-8(3-5-9)6-7-12-10/h2-5H,6-7H2,1H3. The topological polar surface area (TPSA) is 18.5 Å². The fourth-order valence-electron chi connectivity index (χ4n) is 0.949. The quantitative estimate of drug-likeness (QED) is 0.792. The molecule has 1 aromatic rings. The number of hydrogen-bond acceptors (Lipinski definition) is 2. The molecule has 0 atom stereocenters. The molecule has 0 aliphatic rings. The van der Waals surface area contributed by atoms with Crippen LogP contribution in [0.25, 0.3) is 0 Å². The van der Waals surface area contributed by atoms with Crippen molar-refractivity contribution in [3.8, 4) is 5.75 Å². The van der Waals surface area contributed by atoms with E-state index in [2.05, 4.69) is 16.3 Å². The van der Waals surface area contributed by atoms with E-state index >= 15 is 0 Å². The maximum atomic E-state index is 5.03. The smallest absolute Gasteiger partial charge is 0.118 e. The van der Waals surface area contributed by atoms with Gasteiger partial charge >= 0.3 is 0 Å². The summed E-state index contributed by atoms with van der Waals surface area (Å²) in [7, 11) is 1.66. The lowest BCUT2D eigenvalue weighted by Crippen LogP contribution is -1.91. The van der Waals surface area contributed by atoms with Crippen molar-refractivity contribution in [2.75, 3.05) is 13.7 Å². The lowest BCUT2D eigenvalue weighted by molar-refractivity contribution is 0.400. The van der Waals surface area contributed by atoms with E-state index in [1.54, 1.807) is 7.11 Å². The molecule has 0 amide bonds. The Morgan fingerprint density at radius 1 is 1.25 bits per heavy atom. The van der Waals surface area contributed by atoms with E-state index in [1.165, 1.54) is 5.56 Å². The molecule has 12 heavy (non-hydrogen) atoms. The Labute approximate surface area is 80.9 Å². The number of halogens is 1. The van der Waals surface area contributed by atoms with Gasteiger partial charge in [0.1, 0.15) is 5.75 Å². The van der Waals surface area contributed by atoms with Crippen molar-refractivity contribution in [1.82, 2.24) is 0 Å². The lowest BCUT2D eigenvalue weighted by atomic mass is 10.1. The second-order valence-corrected chi connectivity index (χ2v) is 2.87. The molecular weight excluding hydrogens is 220 g/mol. The summed E-state index contributed by atoms with van der Waals surface area (Å²) in [4.78, 5) is 0. The van der Waals surface area contributed by atoms with E-state index in [1.807, 2.05) is 24.3 Å². The van der Waals surface area contributed by atoms with Crippen molar-refractivity contribution in [2.45, 2.75) is 6.42 Å².